The number of hydrogen-bond donors (Lipinski definition) is 1. The van der Waals surface area contributed by atoms with E-state index in [1.165, 1.54) is 18.9 Å². The lowest BCUT2D eigenvalue weighted by Crippen LogP contribution is -2.46. The standard InChI is InChI=1S/C18H25N3O3S/c1-11-12(2)16(21(23)24)9-8-15(11)19-18-20(14-6-4-5-7-14)17(10-25-18)13(3)22/h8-9,13-14,17,22H,4-7,10H2,1-3H3/t13-,17-/m1/s1. The van der Waals surface area contributed by atoms with Crippen molar-refractivity contribution in [1.82, 2.24) is 4.90 Å². The Bertz CT molecular complexity index is 699. The van der Waals surface area contributed by atoms with Crippen molar-refractivity contribution in [2.45, 2.75) is 64.6 Å². The van der Waals surface area contributed by atoms with Gasteiger partial charge in [-0.1, -0.05) is 24.6 Å². The lowest BCUT2D eigenvalue weighted by Gasteiger charge is -2.33. The zero-order chi connectivity index (χ0) is 18.1. The number of rotatable bonds is 4. The van der Waals surface area contributed by atoms with Gasteiger partial charge in [0.2, 0.25) is 0 Å². The van der Waals surface area contributed by atoms with Crippen LogP contribution in [-0.2, 0) is 0 Å². The first kappa shape index (κ1) is 18.2. The molecule has 7 heteroatoms. The molecular formula is C18H25N3O3S. The average Bonchev–Trinajstić information content (AvgIpc) is 3.20. The Morgan fingerprint density at radius 2 is 2.00 bits per heavy atom. The molecule has 2 atom stereocenters. The van der Waals surface area contributed by atoms with Crippen molar-refractivity contribution in [3.05, 3.63) is 33.4 Å². The van der Waals surface area contributed by atoms with Crippen LogP contribution in [0.1, 0.15) is 43.7 Å². The van der Waals surface area contributed by atoms with Crippen molar-refractivity contribution in [2.75, 3.05) is 5.75 Å². The molecule has 1 heterocycles. The summed E-state index contributed by atoms with van der Waals surface area (Å²) in [4.78, 5) is 17.9. The molecule has 6 nitrogen and oxygen atoms in total. The first-order valence-corrected chi connectivity index (χ1v) is 9.81. The number of nitro groups is 1. The number of hydrogen-bond acceptors (Lipinski definition) is 5. The number of aliphatic hydroxyl groups is 1. The minimum Gasteiger partial charge on any atom is -0.391 e. The fourth-order valence-corrected chi connectivity index (χ4v) is 5.10. The van der Waals surface area contributed by atoms with Crippen LogP contribution in [0.3, 0.4) is 0 Å². The molecule has 0 unspecified atom stereocenters. The van der Waals surface area contributed by atoms with E-state index in [1.54, 1.807) is 24.8 Å². The molecule has 1 aliphatic carbocycles. The lowest BCUT2D eigenvalue weighted by molar-refractivity contribution is -0.385. The largest absolute Gasteiger partial charge is 0.391 e. The minimum absolute atomic E-state index is 0.0892. The zero-order valence-corrected chi connectivity index (χ0v) is 15.8. The molecule has 1 saturated carbocycles. The number of benzene rings is 1. The van der Waals surface area contributed by atoms with Gasteiger partial charge >= 0.3 is 0 Å². The van der Waals surface area contributed by atoms with Crippen LogP contribution >= 0.6 is 11.8 Å². The molecule has 1 N–H and O–H groups in total. The second-order valence-corrected chi connectivity index (χ2v) is 7.96. The number of amidine groups is 1. The average molecular weight is 363 g/mol. The number of aliphatic hydroxyl groups excluding tert-OH is 1. The Kier molecular flexibility index (Phi) is 5.34. The third kappa shape index (κ3) is 3.53. The molecule has 0 amide bonds. The minimum atomic E-state index is -0.402. The van der Waals surface area contributed by atoms with Crippen LogP contribution in [-0.4, -0.2) is 44.0 Å². The number of aliphatic imine (C=N–C) groups is 1. The highest BCUT2D eigenvalue weighted by molar-refractivity contribution is 8.14. The van der Waals surface area contributed by atoms with E-state index in [-0.39, 0.29) is 16.7 Å². The Balaban J connectivity index is 1.96. The molecular weight excluding hydrogens is 338 g/mol. The number of thioether (sulfide) groups is 1. The highest BCUT2D eigenvalue weighted by atomic mass is 32.2. The van der Waals surface area contributed by atoms with Crippen molar-refractivity contribution in [2.24, 2.45) is 4.99 Å². The second kappa shape index (κ2) is 7.33. The summed E-state index contributed by atoms with van der Waals surface area (Å²) in [6.07, 6.45) is 4.32. The van der Waals surface area contributed by atoms with Crippen molar-refractivity contribution < 1.29 is 10.0 Å². The van der Waals surface area contributed by atoms with Crippen molar-refractivity contribution in [1.29, 1.82) is 0 Å². The molecule has 1 saturated heterocycles. The molecule has 1 aliphatic heterocycles. The predicted molar refractivity (Wildman–Crippen MR) is 102 cm³/mol. The van der Waals surface area contributed by atoms with Gasteiger partial charge in [0.05, 0.1) is 22.8 Å². The molecule has 1 aromatic rings. The van der Waals surface area contributed by atoms with E-state index in [2.05, 4.69) is 4.90 Å². The van der Waals surface area contributed by atoms with Crippen LogP contribution in [0.2, 0.25) is 0 Å². The Labute approximate surface area is 152 Å². The first-order valence-electron chi connectivity index (χ1n) is 8.82. The summed E-state index contributed by atoms with van der Waals surface area (Å²) >= 11 is 1.68. The second-order valence-electron chi connectivity index (χ2n) is 6.97. The van der Waals surface area contributed by atoms with E-state index in [9.17, 15) is 15.2 Å². The van der Waals surface area contributed by atoms with Gasteiger partial charge in [-0.15, -0.1) is 0 Å². The Hall–Kier alpha value is -1.60. The molecule has 1 aromatic carbocycles. The maximum Gasteiger partial charge on any atom is 0.272 e. The fraction of sp³-hybridized carbons (Fsp3) is 0.611. The van der Waals surface area contributed by atoms with E-state index in [0.29, 0.717) is 11.6 Å². The molecule has 0 aromatic heterocycles. The summed E-state index contributed by atoms with van der Waals surface area (Å²) < 4.78 is 0. The van der Waals surface area contributed by atoms with Gasteiger partial charge in [-0.05, 0) is 45.2 Å². The summed E-state index contributed by atoms with van der Waals surface area (Å²) in [5.74, 6) is 0.831. The summed E-state index contributed by atoms with van der Waals surface area (Å²) in [6.45, 7) is 5.50. The molecule has 0 bridgehead atoms. The molecule has 0 spiro atoms. The first-order chi connectivity index (χ1) is 11.9. The molecule has 0 radical (unpaired) electrons. The van der Waals surface area contributed by atoms with Crippen molar-refractivity contribution >= 4 is 28.3 Å². The van der Waals surface area contributed by atoms with Gasteiger partial charge in [-0.25, -0.2) is 4.99 Å². The maximum absolute atomic E-state index is 11.1. The van der Waals surface area contributed by atoms with Gasteiger partial charge in [0.15, 0.2) is 5.17 Å². The van der Waals surface area contributed by atoms with E-state index in [4.69, 9.17) is 4.99 Å². The van der Waals surface area contributed by atoms with Crippen molar-refractivity contribution in [3.63, 3.8) is 0 Å². The lowest BCUT2D eigenvalue weighted by atomic mass is 10.1. The summed E-state index contributed by atoms with van der Waals surface area (Å²) in [5.41, 5.74) is 2.42. The van der Waals surface area contributed by atoms with Crippen LogP contribution in [0.25, 0.3) is 0 Å². The van der Waals surface area contributed by atoms with Crippen molar-refractivity contribution in [3.8, 4) is 0 Å². The SMILES string of the molecule is Cc1c(N=C2SC[C@H]([C@@H](C)O)N2C2CCCC2)ccc([N+](=O)[O-])c1C. The molecule has 3 rings (SSSR count). The van der Waals surface area contributed by atoms with Gasteiger partial charge in [-0.3, -0.25) is 10.1 Å². The summed E-state index contributed by atoms with van der Waals surface area (Å²) in [6, 6.07) is 3.79. The zero-order valence-electron chi connectivity index (χ0n) is 14.9. The Morgan fingerprint density at radius 3 is 2.60 bits per heavy atom. The maximum atomic E-state index is 11.1. The summed E-state index contributed by atoms with van der Waals surface area (Å²) in [7, 11) is 0. The molecule has 2 aliphatic rings. The quantitative estimate of drug-likeness (QED) is 0.647. The number of nitrogens with zero attached hydrogens (tertiary/aromatic N) is 3. The van der Waals surface area contributed by atoms with Crippen LogP contribution in [0.4, 0.5) is 11.4 Å². The normalized spacial score (nSPS) is 24.2. The summed E-state index contributed by atoms with van der Waals surface area (Å²) in [5, 5.41) is 22.2. The highest BCUT2D eigenvalue weighted by Crippen LogP contribution is 2.37. The van der Waals surface area contributed by atoms with Crippen LogP contribution in [0.15, 0.2) is 17.1 Å². The van der Waals surface area contributed by atoms with Crippen LogP contribution in [0, 0.1) is 24.0 Å². The van der Waals surface area contributed by atoms with E-state index < -0.39 is 6.10 Å². The van der Waals surface area contributed by atoms with Gasteiger partial charge in [0.1, 0.15) is 0 Å². The third-order valence-electron chi connectivity index (χ3n) is 5.38. The molecule has 25 heavy (non-hydrogen) atoms. The number of nitro benzene ring substituents is 1. The highest BCUT2D eigenvalue weighted by Gasteiger charge is 2.39. The monoisotopic (exact) mass is 363 g/mol. The fourth-order valence-electron chi connectivity index (χ4n) is 3.74. The predicted octanol–water partition coefficient (Wildman–Crippen LogP) is 3.94. The van der Waals surface area contributed by atoms with Gasteiger partial charge in [0.25, 0.3) is 5.69 Å². The van der Waals surface area contributed by atoms with Gasteiger partial charge in [-0.2, -0.15) is 0 Å². The molecule has 2 fully saturated rings. The smallest absolute Gasteiger partial charge is 0.272 e. The van der Waals surface area contributed by atoms with Crippen LogP contribution < -0.4 is 0 Å². The van der Waals surface area contributed by atoms with Gasteiger partial charge in [0, 0.05) is 23.4 Å². The Morgan fingerprint density at radius 1 is 1.32 bits per heavy atom. The van der Waals surface area contributed by atoms with E-state index in [0.717, 1.165) is 35.0 Å². The molecule has 136 valence electrons. The van der Waals surface area contributed by atoms with Gasteiger partial charge < -0.3 is 10.0 Å². The van der Waals surface area contributed by atoms with E-state index in [1.807, 2.05) is 13.8 Å². The topological polar surface area (TPSA) is 79.0 Å². The third-order valence-corrected chi connectivity index (χ3v) is 6.45. The van der Waals surface area contributed by atoms with Crippen LogP contribution in [0.5, 0.6) is 0 Å². The van der Waals surface area contributed by atoms with E-state index >= 15 is 0 Å².